The molecule has 0 saturated heterocycles. The second-order valence-electron chi connectivity index (χ2n) is 6.06. The zero-order chi connectivity index (χ0) is 22.6. The highest BCUT2D eigenvalue weighted by Crippen LogP contribution is 2.30. The Morgan fingerprint density at radius 1 is 0.938 bits per heavy atom. The summed E-state index contributed by atoms with van der Waals surface area (Å²) in [5, 5.41) is 18.1. The largest absolute Gasteiger partial charge is 0.296 e. The highest BCUT2D eigenvalue weighted by Gasteiger charge is 2.23. The van der Waals surface area contributed by atoms with E-state index in [0.717, 1.165) is 16.9 Å². The molecule has 2 N–H and O–H groups in total. The van der Waals surface area contributed by atoms with Crippen LogP contribution in [0.3, 0.4) is 0 Å². The number of sulfonamides is 1. The third kappa shape index (κ3) is 5.61. The van der Waals surface area contributed by atoms with E-state index in [0.29, 0.717) is 21.4 Å². The molecule has 0 aliphatic rings. The van der Waals surface area contributed by atoms with Crippen LogP contribution < -0.4 is 10.0 Å². The first kappa shape index (κ1) is 22.6. The first-order valence-electron chi connectivity index (χ1n) is 8.83. The molecule has 0 bridgehead atoms. The lowest BCUT2D eigenvalue weighted by Gasteiger charge is -2.02. The van der Waals surface area contributed by atoms with E-state index in [-0.39, 0.29) is 25.2 Å². The minimum atomic E-state index is -4.04. The number of halogens is 1. The van der Waals surface area contributed by atoms with E-state index in [1.54, 1.807) is 24.3 Å². The van der Waals surface area contributed by atoms with E-state index in [4.69, 9.17) is 11.6 Å². The highest BCUT2D eigenvalue weighted by atomic mass is 35.5. The number of hydrogen-bond acceptors (Lipinski definition) is 10. The third-order valence-corrected chi connectivity index (χ3v) is 8.86. The summed E-state index contributed by atoms with van der Waals surface area (Å²) in [5.74, 6) is 0.167. The average molecular weight is 525 g/mol. The molecule has 14 heteroatoms. The summed E-state index contributed by atoms with van der Waals surface area (Å²) < 4.78 is 27.9. The van der Waals surface area contributed by atoms with Crippen molar-refractivity contribution in [3.63, 3.8) is 0 Å². The van der Waals surface area contributed by atoms with Crippen molar-refractivity contribution >= 4 is 72.2 Å². The van der Waals surface area contributed by atoms with E-state index in [9.17, 15) is 13.2 Å². The number of carbonyl (C=O) groups excluding carboxylic acids is 1. The van der Waals surface area contributed by atoms with Crippen LogP contribution in [0, 0.1) is 0 Å². The molecule has 4 rings (SSSR count). The maximum absolute atomic E-state index is 12.6. The number of nitrogens with zero attached hydrogens (tertiary/aromatic N) is 4. The van der Waals surface area contributed by atoms with Gasteiger partial charge in [-0.2, -0.15) is 8.42 Å². The fourth-order valence-corrected chi connectivity index (χ4v) is 6.42. The van der Waals surface area contributed by atoms with Gasteiger partial charge < -0.3 is 0 Å². The second kappa shape index (κ2) is 9.92. The van der Waals surface area contributed by atoms with Gasteiger partial charge in [0.05, 0.1) is 10.6 Å². The van der Waals surface area contributed by atoms with Crippen LogP contribution in [0.15, 0.2) is 63.3 Å². The van der Waals surface area contributed by atoms with Gasteiger partial charge in [-0.3, -0.25) is 14.8 Å². The van der Waals surface area contributed by atoms with Crippen LogP contribution >= 0.6 is 46.0 Å². The number of aromatic nitrogens is 4. The second-order valence-corrected chi connectivity index (χ2v) is 11.5. The zero-order valence-electron chi connectivity index (χ0n) is 15.9. The number of thioether (sulfide) groups is 1. The number of amides is 1. The molecule has 32 heavy (non-hydrogen) atoms. The van der Waals surface area contributed by atoms with Crippen molar-refractivity contribution in [2.75, 3.05) is 10.0 Å². The Labute approximate surface area is 200 Å². The van der Waals surface area contributed by atoms with Gasteiger partial charge in [-0.05, 0) is 17.7 Å². The normalized spacial score (nSPS) is 11.3. The quantitative estimate of drug-likeness (QED) is 0.256. The van der Waals surface area contributed by atoms with E-state index in [1.165, 1.54) is 11.8 Å². The SMILES string of the molecule is O=C(Nc1nnc(S(=O)(=O)Nc2nnc(SCc3ccccc3)s2)s1)c1ccccc1Cl. The molecule has 9 nitrogen and oxygen atoms in total. The average Bonchev–Trinajstić information content (AvgIpc) is 3.43. The molecule has 2 heterocycles. The molecule has 0 aliphatic heterocycles. The lowest BCUT2D eigenvalue weighted by atomic mass is 10.2. The summed E-state index contributed by atoms with van der Waals surface area (Å²) in [7, 11) is -4.04. The molecule has 2 aromatic heterocycles. The molecule has 0 unspecified atom stereocenters. The van der Waals surface area contributed by atoms with E-state index < -0.39 is 15.9 Å². The van der Waals surface area contributed by atoms with Crippen molar-refractivity contribution in [1.82, 2.24) is 20.4 Å². The van der Waals surface area contributed by atoms with Crippen LogP contribution in [-0.2, 0) is 15.8 Å². The molecular weight excluding hydrogens is 512 g/mol. The Balaban J connectivity index is 1.39. The van der Waals surface area contributed by atoms with Crippen LogP contribution in [0.2, 0.25) is 5.02 Å². The summed E-state index contributed by atoms with van der Waals surface area (Å²) in [6.07, 6.45) is 0. The summed E-state index contributed by atoms with van der Waals surface area (Å²) in [6, 6.07) is 16.3. The fourth-order valence-electron chi connectivity index (χ4n) is 2.37. The van der Waals surface area contributed by atoms with Crippen molar-refractivity contribution in [3.8, 4) is 0 Å². The van der Waals surface area contributed by atoms with Crippen LogP contribution in [-0.4, -0.2) is 34.7 Å². The van der Waals surface area contributed by atoms with Gasteiger partial charge >= 0.3 is 0 Å². The van der Waals surface area contributed by atoms with Gasteiger partial charge in [0, 0.05) is 5.75 Å². The topological polar surface area (TPSA) is 127 Å². The van der Waals surface area contributed by atoms with Gasteiger partial charge in [0.2, 0.25) is 10.3 Å². The highest BCUT2D eigenvalue weighted by molar-refractivity contribution is 8.00. The van der Waals surface area contributed by atoms with E-state index >= 15 is 0 Å². The Morgan fingerprint density at radius 2 is 1.66 bits per heavy atom. The van der Waals surface area contributed by atoms with E-state index in [1.807, 2.05) is 30.3 Å². The van der Waals surface area contributed by atoms with Gasteiger partial charge in [-0.25, -0.2) is 0 Å². The molecule has 0 fully saturated rings. The summed E-state index contributed by atoms with van der Waals surface area (Å²) >= 11 is 9.27. The Kier molecular flexibility index (Phi) is 7.01. The zero-order valence-corrected chi connectivity index (χ0v) is 19.9. The summed E-state index contributed by atoms with van der Waals surface area (Å²) in [6.45, 7) is 0. The molecule has 0 spiro atoms. The minimum Gasteiger partial charge on any atom is -0.296 e. The smallest absolute Gasteiger partial charge is 0.293 e. The summed E-state index contributed by atoms with van der Waals surface area (Å²) in [5.41, 5.74) is 1.36. The first-order valence-corrected chi connectivity index (χ1v) is 13.3. The number of hydrogen-bond donors (Lipinski definition) is 2. The van der Waals surface area contributed by atoms with Crippen molar-refractivity contribution in [2.45, 2.75) is 14.4 Å². The summed E-state index contributed by atoms with van der Waals surface area (Å²) in [4.78, 5) is 12.3. The van der Waals surface area contributed by atoms with Crippen LogP contribution in [0.1, 0.15) is 15.9 Å². The number of anilines is 2. The number of carbonyl (C=O) groups is 1. The molecule has 0 saturated carbocycles. The monoisotopic (exact) mass is 524 g/mol. The van der Waals surface area contributed by atoms with E-state index in [2.05, 4.69) is 30.4 Å². The Morgan fingerprint density at radius 3 is 2.44 bits per heavy atom. The van der Waals surface area contributed by atoms with Crippen LogP contribution in [0.25, 0.3) is 0 Å². The number of rotatable bonds is 8. The molecule has 2 aromatic carbocycles. The maximum Gasteiger partial charge on any atom is 0.293 e. The standard InChI is InChI=1S/C18H13ClN6O3S4/c19-13-9-5-4-8-12(13)14(26)20-15-21-24-18(31-15)32(27,28)25-16-22-23-17(30-16)29-10-11-6-2-1-3-7-11/h1-9H,10H2,(H,22,25)(H,20,21,26). The van der Waals surface area contributed by atoms with Gasteiger partial charge in [-0.15, -0.1) is 20.4 Å². The van der Waals surface area contributed by atoms with Crippen molar-refractivity contribution in [2.24, 2.45) is 0 Å². The lowest BCUT2D eigenvalue weighted by Crippen LogP contribution is -2.12. The first-order chi connectivity index (χ1) is 15.4. The van der Waals surface area contributed by atoms with Gasteiger partial charge in [0.1, 0.15) is 0 Å². The molecular formula is C18H13ClN6O3S4. The molecule has 0 atom stereocenters. The number of benzene rings is 2. The van der Waals surface area contributed by atoms with Gasteiger partial charge in [0.25, 0.3) is 20.3 Å². The van der Waals surface area contributed by atoms with Crippen molar-refractivity contribution < 1.29 is 13.2 Å². The minimum absolute atomic E-state index is 0.0201. The fraction of sp³-hybridized carbons (Fsp3) is 0.0556. The molecule has 4 aromatic rings. The number of nitrogens with one attached hydrogen (secondary N) is 2. The Hall–Kier alpha value is -2.58. The van der Waals surface area contributed by atoms with Gasteiger partial charge in [0.15, 0.2) is 4.34 Å². The van der Waals surface area contributed by atoms with Crippen molar-refractivity contribution in [1.29, 1.82) is 0 Å². The predicted molar refractivity (Wildman–Crippen MR) is 126 cm³/mol. The third-order valence-electron chi connectivity index (χ3n) is 3.81. The Bertz CT molecular complexity index is 1340. The van der Waals surface area contributed by atoms with Gasteiger partial charge in [-0.1, -0.05) is 88.5 Å². The lowest BCUT2D eigenvalue weighted by molar-refractivity contribution is 0.102. The molecule has 1 amide bonds. The van der Waals surface area contributed by atoms with Crippen LogP contribution in [0.5, 0.6) is 0 Å². The molecule has 0 radical (unpaired) electrons. The molecule has 0 aliphatic carbocycles. The predicted octanol–water partition coefficient (Wildman–Crippen LogP) is 4.39. The maximum atomic E-state index is 12.6. The van der Waals surface area contributed by atoms with Crippen LogP contribution in [0.4, 0.5) is 10.3 Å². The molecule has 164 valence electrons. The van der Waals surface area contributed by atoms with Crippen molar-refractivity contribution in [3.05, 3.63) is 70.7 Å².